The van der Waals surface area contributed by atoms with Crippen LogP contribution >= 0.6 is 47.2 Å². The van der Waals surface area contributed by atoms with E-state index in [9.17, 15) is 4.79 Å². The number of hydrogen-bond donors (Lipinski definition) is 1. The van der Waals surface area contributed by atoms with Gasteiger partial charge in [0.05, 0.1) is 32.4 Å². The second kappa shape index (κ2) is 7.31. The van der Waals surface area contributed by atoms with Crippen LogP contribution in [0, 0.1) is 0 Å². The molecular weight excluding hydrogens is 385 g/mol. The molecule has 0 aliphatic carbocycles. The molecule has 1 heterocycles. The van der Waals surface area contributed by atoms with E-state index in [1.54, 1.807) is 6.07 Å². The molecule has 3 rings (SSSR count). The summed E-state index contributed by atoms with van der Waals surface area (Å²) in [6.07, 6.45) is -0.00426. The third kappa shape index (κ3) is 3.70. The Morgan fingerprint density at radius 3 is 2.67 bits per heavy atom. The topological polar surface area (TPSA) is 40.5 Å². The molecule has 2 aromatic rings. The van der Waals surface area contributed by atoms with Crippen LogP contribution in [-0.2, 0) is 11.3 Å². The van der Waals surface area contributed by atoms with E-state index in [1.165, 1.54) is 11.8 Å². The molecule has 1 atom stereocenters. The molecule has 0 amide bonds. The molecule has 7 heteroatoms. The SMILES string of the molecule is O=C(O)CC1Sc2ccccc2N(Cc2ccc(Cl)c(Cl)c2)C1=S. The van der Waals surface area contributed by atoms with Gasteiger partial charge in [0.1, 0.15) is 0 Å². The van der Waals surface area contributed by atoms with Gasteiger partial charge in [-0.15, -0.1) is 11.8 Å². The van der Waals surface area contributed by atoms with Gasteiger partial charge in [0.25, 0.3) is 0 Å². The lowest BCUT2D eigenvalue weighted by atomic mass is 10.1. The van der Waals surface area contributed by atoms with Crippen LogP contribution in [0.5, 0.6) is 0 Å². The Morgan fingerprint density at radius 2 is 1.96 bits per heavy atom. The summed E-state index contributed by atoms with van der Waals surface area (Å²) in [6.45, 7) is 0.517. The minimum absolute atomic E-state index is 0.00426. The van der Waals surface area contributed by atoms with Gasteiger partial charge in [0, 0.05) is 11.4 Å². The van der Waals surface area contributed by atoms with Gasteiger partial charge in [-0.1, -0.05) is 53.6 Å². The zero-order valence-electron chi connectivity index (χ0n) is 12.4. The van der Waals surface area contributed by atoms with Crippen molar-refractivity contribution in [3.8, 4) is 0 Å². The molecule has 1 unspecified atom stereocenters. The van der Waals surface area contributed by atoms with Gasteiger partial charge in [0.2, 0.25) is 0 Å². The Kier molecular flexibility index (Phi) is 5.35. The molecule has 1 aliphatic heterocycles. The third-order valence-corrected chi connectivity index (χ3v) is 6.32. The maximum Gasteiger partial charge on any atom is 0.304 e. The van der Waals surface area contributed by atoms with Gasteiger partial charge in [0.15, 0.2) is 0 Å². The maximum atomic E-state index is 11.1. The molecule has 0 saturated heterocycles. The largest absolute Gasteiger partial charge is 0.481 e. The third-order valence-electron chi connectivity index (χ3n) is 3.65. The predicted octanol–water partition coefficient (Wildman–Crippen LogP) is 5.28. The van der Waals surface area contributed by atoms with Gasteiger partial charge in [-0.3, -0.25) is 4.79 Å². The van der Waals surface area contributed by atoms with Crippen molar-refractivity contribution in [2.24, 2.45) is 0 Å². The molecule has 0 saturated carbocycles. The van der Waals surface area contributed by atoms with E-state index in [-0.39, 0.29) is 11.7 Å². The standard InChI is InChI=1S/C17H13Cl2NO2S2/c18-11-6-5-10(7-12(11)19)9-20-13-3-1-2-4-14(13)24-15(17(20)23)8-16(21)22/h1-7,15H,8-9H2,(H,21,22). The monoisotopic (exact) mass is 397 g/mol. The Balaban J connectivity index is 1.95. The van der Waals surface area contributed by atoms with Crippen molar-refractivity contribution in [3.63, 3.8) is 0 Å². The fourth-order valence-electron chi connectivity index (χ4n) is 2.55. The highest BCUT2D eigenvalue weighted by Crippen LogP contribution is 2.41. The summed E-state index contributed by atoms with van der Waals surface area (Å²) in [5.74, 6) is -0.858. The predicted molar refractivity (Wildman–Crippen MR) is 104 cm³/mol. The smallest absolute Gasteiger partial charge is 0.304 e. The highest BCUT2D eigenvalue weighted by atomic mass is 35.5. The van der Waals surface area contributed by atoms with Gasteiger partial charge in [-0.25, -0.2) is 0 Å². The van der Waals surface area contributed by atoms with Crippen LogP contribution in [0.3, 0.4) is 0 Å². The van der Waals surface area contributed by atoms with Crippen molar-refractivity contribution in [1.29, 1.82) is 0 Å². The number of fused-ring (bicyclic) bond motifs is 1. The molecule has 0 aromatic heterocycles. The highest BCUT2D eigenvalue weighted by Gasteiger charge is 2.31. The second-order valence-electron chi connectivity index (χ2n) is 5.34. The lowest BCUT2D eigenvalue weighted by molar-refractivity contribution is -0.136. The zero-order chi connectivity index (χ0) is 17.3. The highest BCUT2D eigenvalue weighted by molar-refractivity contribution is 8.02. The Bertz CT molecular complexity index is 813. The number of hydrogen-bond acceptors (Lipinski definition) is 3. The number of anilines is 1. The summed E-state index contributed by atoms with van der Waals surface area (Å²) >= 11 is 19.2. The van der Waals surface area contributed by atoms with E-state index in [1.807, 2.05) is 41.3 Å². The van der Waals surface area contributed by atoms with Gasteiger partial charge < -0.3 is 10.0 Å². The van der Waals surface area contributed by atoms with Crippen molar-refractivity contribution in [2.75, 3.05) is 4.90 Å². The number of para-hydroxylation sites is 1. The average Bonchev–Trinajstić information content (AvgIpc) is 2.54. The minimum Gasteiger partial charge on any atom is -0.481 e. The zero-order valence-corrected chi connectivity index (χ0v) is 15.6. The first-order valence-electron chi connectivity index (χ1n) is 7.18. The molecule has 0 radical (unpaired) electrons. The van der Waals surface area contributed by atoms with Crippen LogP contribution in [0.1, 0.15) is 12.0 Å². The summed E-state index contributed by atoms with van der Waals surface area (Å²) in [4.78, 5) is 14.8. The van der Waals surface area contributed by atoms with E-state index in [0.717, 1.165) is 16.1 Å². The van der Waals surface area contributed by atoms with E-state index < -0.39 is 5.97 Å². The van der Waals surface area contributed by atoms with Crippen molar-refractivity contribution < 1.29 is 9.90 Å². The van der Waals surface area contributed by atoms with Crippen LogP contribution in [0.4, 0.5) is 5.69 Å². The molecular formula is C17H13Cl2NO2S2. The molecule has 0 spiro atoms. The molecule has 0 bridgehead atoms. The van der Waals surface area contributed by atoms with E-state index in [4.69, 9.17) is 40.5 Å². The summed E-state index contributed by atoms with van der Waals surface area (Å²) < 4.78 is 0. The summed E-state index contributed by atoms with van der Waals surface area (Å²) in [6, 6.07) is 13.3. The van der Waals surface area contributed by atoms with Crippen molar-refractivity contribution >= 4 is 63.8 Å². The molecule has 2 aromatic carbocycles. The summed E-state index contributed by atoms with van der Waals surface area (Å²) in [7, 11) is 0. The second-order valence-corrected chi connectivity index (χ2v) is 7.82. The van der Waals surface area contributed by atoms with Crippen LogP contribution in [-0.4, -0.2) is 21.3 Å². The lowest BCUT2D eigenvalue weighted by Gasteiger charge is -2.36. The normalized spacial score (nSPS) is 16.8. The Hall–Kier alpha value is -1.27. The van der Waals surface area contributed by atoms with Crippen LogP contribution in [0.25, 0.3) is 0 Å². The quantitative estimate of drug-likeness (QED) is 0.710. The van der Waals surface area contributed by atoms with Crippen molar-refractivity contribution in [2.45, 2.75) is 23.1 Å². The molecule has 124 valence electrons. The van der Waals surface area contributed by atoms with Crippen molar-refractivity contribution in [3.05, 3.63) is 58.1 Å². The number of halogens is 2. The number of thiocarbonyl (C=S) groups is 1. The van der Waals surface area contributed by atoms with E-state index in [2.05, 4.69) is 0 Å². The number of rotatable bonds is 4. The average molecular weight is 398 g/mol. The van der Waals surface area contributed by atoms with Gasteiger partial charge in [-0.2, -0.15) is 0 Å². The number of carbonyl (C=O) groups is 1. The molecule has 24 heavy (non-hydrogen) atoms. The van der Waals surface area contributed by atoms with E-state index in [0.29, 0.717) is 21.6 Å². The Morgan fingerprint density at radius 1 is 1.21 bits per heavy atom. The lowest BCUT2D eigenvalue weighted by Crippen LogP contribution is -2.40. The first-order chi connectivity index (χ1) is 11.5. The number of aliphatic carboxylic acids is 1. The summed E-state index contributed by atoms with van der Waals surface area (Å²) in [5.41, 5.74) is 1.95. The molecule has 0 fully saturated rings. The van der Waals surface area contributed by atoms with E-state index >= 15 is 0 Å². The number of carboxylic acids is 1. The number of carboxylic acid groups (broad SMARTS) is 1. The van der Waals surface area contributed by atoms with Gasteiger partial charge >= 0.3 is 5.97 Å². The molecule has 1 N–H and O–H groups in total. The maximum absolute atomic E-state index is 11.1. The first kappa shape index (κ1) is 17.5. The Labute approximate surface area is 159 Å². The molecule has 3 nitrogen and oxygen atoms in total. The van der Waals surface area contributed by atoms with Crippen LogP contribution < -0.4 is 4.90 Å². The number of nitrogens with zero attached hydrogens (tertiary/aromatic N) is 1. The van der Waals surface area contributed by atoms with Crippen LogP contribution in [0.15, 0.2) is 47.4 Å². The minimum atomic E-state index is -0.858. The van der Waals surface area contributed by atoms with Crippen molar-refractivity contribution in [1.82, 2.24) is 0 Å². The number of thioether (sulfide) groups is 1. The number of benzene rings is 2. The summed E-state index contributed by atoms with van der Waals surface area (Å²) in [5, 5.41) is 9.87. The fraction of sp³-hybridized carbons (Fsp3) is 0.176. The molecule has 1 aliphatic rings. The first-order valence-corrected chi connectivity index (χ1v) is 9.23. The van der Waals surface area contributed by atoms with Gasteiger partial charge in [-0.05, 0) is 29.8 Å². The fourth-order valence-corrected chi connectivity index (χ4v) is 4.48. The van der Waals surface area contributed by atoms with Crippen LogP contribution in [0.2, 0.25) is 10.0 Å².